The predicted molar refractivity (Wildman–Crippen MR) is 235 cm³/mol. The van der Waals surface area contributed by atoms with E-state index in [9.17, 15) is 0 Å². The average Bonchev–Trinajstić information content (AvgIpc) is 3.46. The van der Waals surface area contributed by atoms with Crippen molar-refractivity contribution in [1.29, 1.82) is 0 Å². The van der Waals surface area contributed by atoms with Crippen molar-refractivity contribution in [3.05, 3.63) is 149 Å². The summed E-state index contributed by atoms with van der Waals surface area (Å²) in [5, 5.41) is 2.69. The Kier molecular flexibility index (Phi) is 7.40. The van der Waals surface area contributed by atoms with Gasteiger partial charge in [0.2, 0.25) is 6.71 Å². The van der Waals surface area contributed by atoms with Gasteiger partial charge in [0, 0.05) is 38.9 Å². The lowest BCUT2D eigenvalue weighted by Crippen LogP contribution is -2.65. The van der Waals surface area contributed by atoms with Gasteiger partial charge < -0.3 is 9.47 Å². The molecular formula is C51H53BN2. The maximum Gasteiger partial charge on any atom is 0.248 e. The number of anilines is 3. The maximum atomic E-state index is 2.57. The lowest BCUT2D eigenvalue weighted by molar-refractivity contribution is 0.552. The molecule has 54 heavy (non-hydrogen) atoms. The zero-order chi connectivity index (χ0) is 38.1. The molecule has 6 aromatic carbocycles. The van der Waals surface area contributed by atoms with Gasteiger partial charge in [0.15, 0.2) is 0 Å². The molecule has 0 fully saturated rings. The van der Waals surface area contributed by atoms with E-state index in [2.05, 4.69) is 207 Å². The van der Waals surface area contributed by atoms with Gasteiger partial charge in [0.25, 0.3) is 0 Å². The van der Waals surface area contributed by atoms with E-state index in [-0.39, 0.29) is 28.4 Å². The van der Waals surface area contributed by atoms with E-state index in [4.69, 9.17) is 0 Å². The van der Waals surface area contributed by atoms with Crippen LogP contribution in [0.25, 0.3) is 27.5 Å². The first-order chi connectivity index (χ1) is 25.5. The van der Waals surface area contributed by atoms with Crippen LogP contribution in [0.2, 0.25) is 0 Å². The molecule has 0 unspecified atom stereocenters. The Morgan fingerprint density at radius 1 is 0.519 bits per heavy atom. The Balaban J connectivity index is 1.46. The second kappa shape index (κ2) is 11.5. The van der Waals surface area contributed by atoms with Crippen molar-refractivity contribution in [1.82, 2.24) is 4.57 Å². The van der Waals surface area contributed by atoms with Gasteiger partial charge >= 0.3 is 0 Å². The molecule has 9 rings (SSSR count). The molecule has 2 aliphatic heterocycles. The van der Waals surface area contributed by atoms with Crippen LogP contribution in [0.1, 0.15) is 104 Å². The third-order valence-electron chi connectivity index (χ3n) is 12.5. The van der Waals surface area contributed by atoms with E-state index in [1.165, 1.54) is 88.8 Å². The summed E-state index contributed by atoms with van der Waals surface area (Å²) < 4.78 is 2.48. The van der Waals surface area contributed by atoms with Crippen LogP contribution in [-0.4, -0.2) is 11.3 Å². The molecule has 0 bridgehead atoms. The van der Waals surface area contributed by atoms with Gasteiger partial charge in [-0.2, -0.15) is 0 Å². The largest absolute Gasteiger partial charge is 0.312 e. The smallest absolute Gasteiger partial charge is 0.248 e. The maximum absolute atomic E-state index is 2.57. The molecule has 0 N–H and O–H groups in total. The van der Waals surface area contributed by atoms with Crippen molar-refractivity contribution in [2.45, 2.75) is 97.8 Å². The molecule has 0 spiro atoms. The molecule has 270 valence electrons. The van der Waals surface area contributed by atoms with Crippen LogP contribution in [0.5, 0.6) is 0 Å². The Hall–Kier alpha value is -5.02. The first-order valence-electron chi connectivity index (χ1n) is 19.8. The van der Waals surface area contributed by atoms with E-state index in [1.54, 1.807) is 0 Å². The minimum absolute atomic E-state index is 0.00328. The normalized spacial score (nSPS) is 15.0. The van der Waals surface area contributed by atoms with E-state index < -0.39 is 0 Å². The van der Waals surface area contributed by atoms with Crippen LogP contribution in [0.3, 0.4) is 0 Å². The molecule has 3 heteroatoms. The molecule has 3 heterocycles. The number of rotatable bonds is 2. The molecule has 0 saturated carbocycles. The Labute approximate surface area is 322 Å². The van der Waals surface area contributed by atoms with Gasteiger partial charge in [-0.25, -0.2) is 0 Å². The summed E-state index contributed by atoms with van der Waals surface area (Å²) in [6, 6.07) is 46.5. The molecule has 0 atom stereocenters. The van der Waals surface area contributed by atoms with Gasteiger partial charge in [0.05, 0.1) is 11.0 Å². The Morgan fingerprint density at radius 3 is 1.81 bits per heavy atom. The zero-order valence-electron chi connectivity index (χ0n) is 34.0. The Bertz CT molecular complexity index is 2620. The molecule has 7 aromatic rings. The fraction of sp³-hybridized carbons (Fsp3) is 0.294. The average molecular weight is 705 g/mol. The van der Waals surface area contributed by atoms with Crippen LogP contribution in [0, 0.1) is 0 Å². The van der Waals surface area contributed by atoms with E-state index in [0.29, 0.717) is 0 Å². The number of hydrogen-bond acceptors (Lipinski definition) is 1. The van der Waals surface area contributed by atoms with Crippen molar-refractivity contribution in [2.75, 3.05) is 4.90 Å². The highest BCUT2D eigenvalue weighted by atomic mass is 15.2. The van der Waals surface area contributed by atoms with Gasteiger partial charge in [-0.05, 0) is 104 Å². The van der Waals surface area contributed by atoms with Crippen LogP contribution in [-0.2, 0) is 21.7 Å². The highest BCUT2D eigenvalue weighted by Gasteiger charge is 2.49. The molecule has 1 aromatic heterocycles. The number of hydrogen-bond donors (Lipinski definition) is 0. The molecule has 0 aliphatic carbocycles. The first kappa shape index (κ1) is 34.7. The predicted octanol–water partition coefficient (Wildman–Crippen LogP) is 11.6. The summed E-state index contributed by atoms with van der Waals surface area (Å²) in [6.07, 6.45) is 0. The number of aromatic nitrogens is 1. The summed E-state index contributed by atoms with van der Waals surface area (Å²) in [6.45, 7) is 26.1. The standard InChI is InChI=1S/C51H53BN2/c1-48(2,3)32-21-24-35(25-22-32)54-41-28-23-33(49(4,5)6)31-39(41)52-46-38(51(10,11)45-37(50(7,8)9)26-30-43(54)47(45)52)27-29-42-44(46)36-19-15-16-20-40(36)53(42)34-17-13-12-14-18-34/h12-31H,1-11H3. The molecule has 0 saturated heterocycles. The highest BCUT2D eigenvalue weighted by molar-refractivity contribution is 7.00. The second-order valence-electron chi connectivity index (χ2n) is 19.5. The van der Waals surface area contributed by atoms with E-state index in [1.807, 2.05) is 0 Å². The fourth-order valence-corrected chi connectivity index (χ4v) is 9.75. The van der Waals surface area contributed by atoms with Gasteiger partial charge in [0.1, 0.15) is 0 Å². The Morgan fingerprint density at radius 2 is 1.15 bits per heavy atom. The quantitative estimate of drug-likeness (QED) is 0.163. The van der Waals surface area contributed by atoms with Crippen LogP contribution >= 0.6 is 0 Å². The monoisotopic (exact) mass is 704 g/mol. The van der Waals surface area contributed by atoms with Crippen LogP contribution < -0.4 is 21.3 Å². The first-order valence-corrected chi connectivity index (χ1v) is 19.8. The molecular weight excluding hydrogens is 651 g/mol. The fourth-order valence-electron chi connectivity index (χ4n) is 9.75. The summed E-state index contributed by atoms with van der Waals surface area (Å²) in [4.78, 5) is 2.57. The second-order valence-corrected chi connectivity index (χ2v) is 19.5. The molecule has 2 aliphatic rings. The van der Waals surface area contributed by atoms with Gasteiger partial charge in [-0.1, -0.05) is 154 Å². The highest BCUT2D eigenvalue weighted by Crippen LogP contribution is 2.48. The topological polar surface area (TPSA) is 8.17 Å². The lowest BCUT2D eigenvalue weighted by atomic mass is 9.29. The molecule has 2 nitrogen and oxygen atoms in total. The van der Waals surface area contributed by atoms with Crippen molar-refractivity contribution in [3.63, 3.8) is 0 Å². The summed E-state index contributed by atoms with van der Waals surface area (Å²) >= 11 is 0. The minimum Gasteiger partial charge on any atom is -0.312 e. The number of nitrogens with zero attached hydrogens (tertiary/aromatic N) is 2. The zero-order valence-corrected chi connectivity index (χ0v) is 34.0. The molecule has 0 radical (unpaired) electrons. The summed E-state index contributed by atoms with van der Waals surface area (Å²) in [5.74, 6) is 0. The van der Waals surface area contributed by atoms with Crippen LogP contribution in [0.4, 0.5) is 17.1 Å². The van der Waals surface area contributed by atoms with Crippen molar-refractivity contribution < 1.29 is 0 Å². The van der Waals surface area contributed by atoms with Crippen LogP contribution in [0.15, 0.2) is 121 Å². The number of fused-ring (bicyclic) bond motifs is 8. The van der Waals surface area contributed by atoms with E-state index in [0.717, 1.165) is 0 Å². The summed E-state index contributed by atoms with van der Waals surface area (Å²) in [7, 11) is 0. The third kappa shape index (κ3) is 5.00. The van der Waals surface area contributed by atoms with Gasteiger partial charge in [-0.15, -0.1) is 0 Å². The number of para-hydroxylation sites is 2. The summed E-state index contributed by atoms with van der Waals surface area (Å²) in [5.41, 5.74) is 18.7. The van der Waals surface area contributed by atoms with Crippen molar-refractivity contribution in [2.24, 2.45) is 0 Å². The number of benzene rings is 6. The SMILES string of the molecule is CC(C)(C)c1ccc(N2c3ccc(C(C)(C)C)cc3B3c4c2ccc(C(C)(C)C)c4C(C)(C)c2ccc4c(c23)c2ccccc2n4-c2ccccc2)cc1. The lowest BCUT2D eigenvalue weighted by Gasteiger charge is -2.48. The molecule has 0 amide bonds. The van der Waals surface area contributed by atoms with Gasteiger partial charge in [-0.3, -0.25) is 0 Å². The van der Waals surface area contributed by atoms with Crippen molar-refractivity contribution in [3.8, 4) is 5.69 Å². The van der Waals surface area contributed by atoms with Crippen molar-refractivity contribution >= 4 is 62.0 Å². The van der Waals surface area contributed by atoms with E-state index >= 15 is 0 Å². The third-order valence-corrected chi connectivity index (χ3v) is 12.5. The minimum atomic E-state index is -0.245.